The van der Waals surface area contributed by atoms with E-state index in [0.29, 0.717) is 26.0 Å². The third-order valence-electron chi connectivity index (χ3n) is 8.60. The first-order valence-electron chi connectivity index (χ1n) is 14.5. The van der Waals surface area contributed by atoms with Gasteiger partial charge in [-0.2, -0.15) is 0 Å². The zero-order valence-electron chi connectivity index (χ0n) is 24.1. The van der Waals surface area contributed by atoms with Crippen LogP contribution in [0.1, 0.15) is 58.4 Å². The van der Waals surface area contributed by atoms with Crippen molar-refractivity contribution in [3.8, 4) is 0 Å². The van der Waals surface area contributed by atoms with Gasteiger partial charge in [-0.05, 0) is 64.9 Å². The van der Waals surface area contributed by atoms with Gasteiger partial charge in [-0.1, -0.05) is 42.5 Å². The molecule has 0 aromatic heterocycles. The summed E-state index contributed by atoms with van der Waals surface area (Å²) < 4.78 is 4.98. The van der Waals surface area contributed by atoms with Crippen LogP contribution in [0.5, 0.6) is 0 Å². The number of likely N-dealkylation sites (tertiary alicyclic amines) is 1. The molecule has 1 spiro atoms. The smallest absolute Gasteiger partial charge is 0.310 e. The molecular formula is C32H44N2O5S. The minimum atomic E-state index is -0.787. The molecule has 0 aliphatic carbocycles. The molecule has 1 N–H and O–H groups in total. The molecule has 2 unspecified atom stereocenters. The Bertz CT molecular complexity index is 1100. The Morgan fingerprint density at radius 1 is 1.23 bits per heavy atom. The number of nitrogens with zero attached hydrogens (tertiary/aromatic N) is 2. The average molecular weight is 569 g/mol. The van der Waals surface area contributed by atoms with E-state index in [4.69, 9.17) is 4.74 Å². The number of carbonyl (C=O) groups excluding carboxylic acids is 3. The summed E-state index contributed by atoms with van der Waals surface area (Å²) in [6.07, 6.45) is 7.89. The lowest BCUT2D eigenvalue weighted by molar-refractivity contribution is -0.154. The number of ether oxygens (including phenoxy) is 1. The van der Waals surface area contributed by atoms with E-state index in [9.17, 15) is 19.5 Å². The Hall–Kier alpha value is -2.58. The topological polar surface area (TPSA) is 87.2 Å². The number of hydrogen-bond donors (Lipinski definition) is 1. The first-order valence-corrected chi connectivity index (χ1v) is 15.3. The number of hydrogen-bond acceptors (Lipinski definition) is 6. The number of esters is 1. The highest BCUT2D eigenvalue weighted by molar-refractivity contribution is 8.02. The molecule has 1 aromatic carbocycles. The molecule has 8 heteroatoms. The number of amides is 2. The minimum absolute atomic E-state index is 0.0590. The van der Waals surface area contributed by atoms with E-state index in [1.807, 2.05) is 57.2 Å². The summed E-state index contributed by atoms with van der Waals surface area (Å²) in [7, 11) is 0. The molecular weight excluding hydrogens is 524 g/mol. The van der Waals surface area contributed by atoms with Crippen molar-refractivity contribution < 1.29 is 24.2 Å². The third-order valence-corrected chi connectivity index (χ3v) is 10.5. The summed E-state index contributed by atoms with van der Waals surface area (Å²) in [5.74, 6) is -1.96. The molecule has 3 aliphatic heterocycles. The SMILES string of the molecule is C=CCCCCOC(=O)[C@@H]1[C@@H]2CCC3(S2)C(C(=O)N(CC=C)C(C)(C)C)N([C@@H](CO)Cc2ccccc2)C(=O)[C@H]13. The minimum Gasteiger partial charge on any atom is -0.465 e. The van der Waals surface area contributed by atoms with Gasteiger partial charge in [0, 0.05) is 17.3 Å². The number of carbonyl (C=O) groups is 3. The van der Waals surface area contributed by atoms with E-state index < -0.39 is 34.2 Å². The first kappa shape index (κ1) is 30.4. The fraction of sp³-hybridized carbons (Fsp3) is 0.594. The Labute approximate surface area is 243 Å². The van der Waals surface area contributed by atoms with Crippen molar-refractivity contribution in [3.63, 3.8) is 0 Å². The molecule has 6 atom stereocenters. The molecule has 3 heterocycles. The number of thioether (sulfide) groups is 1. The van der Waals surface area contributed by atoms with E-state index in [1.165, 1.54) is 0 Å². The molecule has 3 fully saturated rings. The van der Waals surface area contributed by atoms with Gasteiger partial charge < -0.3 is 19.6 Å². The van der Waals surface area contributed by atoms with Gasteiger partial charge in [-0.15, -0.1) is 24.9 Å². The van der Waals surface area contributed by atoms with Gasteiger partial charge in [0.25, 0.3) is 0 Å². The number of benzene rings is 1. The molecule has 7 nitrogen and oxygen atoms in total. The van der Waals surface area contributed by atoms with Gasteiger partial charge in [0.2, 0.25) is 11.8 Å². The number of rotatable bonds is 13. The van der Waals surface area contributed by atoms with Crippen LogP contribution in [0.2, 0.25) is 0 Å². The Morgan fingerprint density at radius 3 is 2.58 bits per heavy atom. The highest BCUT2D eigenvalue weighted by Gasteiger charge is 2.75. The number of aliphatic hydroxyl groups is 1. The van der Waals surface area contributed by atoms with Crippen LogP contribution >= 0.6 is 11.8 Å². The van der Waals surface area contributed by atoms with Crippen LogP contribution in [0.4, 0.5) is 0 Å². The summed E-state index contributed by atoms with van der Waals surface area (Å²) in [5, 5.41) is 10.6. The predicted molar refractivity (Wildman–Crippen MR) is 159 cm³/mol. The molecule has 0 saturated carbocycles. The van der Waals surface area contributed by atoms with E-state index >= 15 is 0 Å². The number of allylic oxidation sites excluding steroid dienone is 1. The van der Waals surface area contributed by atoms with E-state index in [-0.39, 0.29) is 29.6 Å². The van der Waals surface area contributed by atoms with Crippen LogP contribution in [0.3, 0.4) is 0 Å². The average Bonchev–Trinajstić information content (AvgIpc) is 3.57. The van der Waals surface area contributed by atoms with Crippen molar-refractivity contribution in [2.45, 2.75) is 86.9 Å². The van der Waals surface area contributed by atoms with E-state index in [1.54, 1.807) is 27.6 Å². The van der Waals surface area contributed by atoms with Gasteiger partial charge in [0.05, 0.1) is 35.8 Å². The summed E-state index contributed by atoms with van der Waals surface area (Å²) in [5.41, 5.74) is 0.467. The van der Waals surface area contributed by atoms with Crippen LogP contribution in [-0.2, 0) is 25.5 Å². The van der Waals surface area contributed by atoms with Gasteiger partial charge in [0.1, 0.15) is 6.04 Å². The van der Waals surface area contributed by atoms with E-state index in [0.717, 1.165) is 31.2 Å². The maximum atomic E-state index is 14.6. The maximum Gasteiger partial charge on any atom is 0.310 e. The lowest BCUT2D eigenvalue weighted by Crippen LogP contribution is -2.60. The fourth-order valence-electron chi connectivity index (χ4n) is 6.80. The zero-order chi connectivity index (χ0) is 29.1. The van der Waals surface area contributed by atoms with Crippen LogP contribution in [0.25, 0.3) is 0 Å². The predicted octanol–water partition coefficient (Wildman–Crippen LogP) is 4.39. The number of aliphatic hydroxyl groups excluding tert-OH is 1. The van der Waals surface area contributed by atoms with Gasteiger partial charge in [-0.3, -0.25) is 14.4 Å². The molecule has 3 saturated heterocycles. The van der Waals surface area contributed by atoms with Crippen molar-refractivity contribution in [2.75, 3.05) is 19.8 Å². The molecule has 3 aliphatic rings. The normalized spacial score (nSPS) is 27.8. The monoisotopic (exact) mass is 568 g/mol. The first-order chi connectivity index (χ1) is 19.1. The lowest BCUT2D eigenvalue weighted by Gasteiger charge is -2.43. The van der Waals surface area contributed by atoms with Crippen molar-refractivity contribution in [1.82, 2.24) is 9.80 Å². The second kappa shape index (κ2) is 12.5. The summed E-state index contributed by atoms with van der Waals surface area (Å²) in [4.78, 5) is 45.9. The third kappa shape index (κ3) is 5.62. The van der Waals surface area contributed by atoms with Crippen molar-refractivity contribution in [3.05, 3.63) is 61.2 Å². The molecule has 2 bridgehead atoms. The van der Waals surface area contributed by atoms with Crippen LogP contribution < -0.4 is 0 Å². The summed E-state index contributed by atoms with van der Waals surface area (Å²) in [6, 6.07) is 8.32. The van der Waals surface area contributed by atoms with Crippen LogP contribution in [0, 0.1) is 11.8 Å². The highest BCUT2D eigenvalue weighted by atomic mass is 32.2. The Morgan fingerprint density at radius 2 is 1.95 bits per heavy atom. The van der Waals surface area contributed by atoms with Crippen LogP contribution in [0.15, 0.2) is 55.6 Å². The second-order valence-corrected chi connectivity index (χ2v) is 13.8. The van der Waals surface area contributed by atoms with Gasteiger partial charge in [0.15, 0.2) is 0 Å². The molecule has 0 radical (unpaired) electrons. The molecule has 2 amide bonds. The quantitative estimate of drug-likeness (QED) is 0.216. The maximum absolute atomic E-state index is 14.6. The lowest BCUT2D eigenvalue weighted by atomic mass is 9.71. The Kier molecular flexibility index (Phi) is 9.51. The van der Waals surface area contributed by atoms with Gasteiger partial charge >= 0.3 is 5.97 Å². The number of unbranched alkanes of at least 4 members (excludes halogenated alkanes) is 2. The summed E-state index contributed by atoms with van der Waals surface area (Å²) in [6.45, 7) is 13.9. The standard InChI is InChI=1S/C32H44N2O5S/c1-6-8-9-13-19-39-30(38)25-24-16-17-32(40-24)26(25)28(36)34(23(21-35)20-22-14-11-10-12-15-22)27(32)29(37)33(18-7-2)31(3,4)5/h6-7,10-12,14-15,23-27,35H,1-2,8-9,13,16-21H2,3-5H3/t23-,24+,25-,26+,27?,32?/m1/s1. The second-order valence-electron chi connectivity index (χ2n) is 12.2. The van der Waals surface area contributed by atoms with Crippen molar-refractivity contribution in [2.24, 2.45) is 11.8 Å². The highest BCUT2D eigenvalue weighted by Crippen LogP contribution is 2.67. The largest absolute Gasteiger partial charge is 0.465 e. The van der Waals surface area contributed by atoms with Crippen molar-refractivity contribution >= 4 is 29.5 Å². The molecule has 1 aromatic rings. The summed E-state index contributed by atoms with van der Waals surface area (Å²) >= 11 is 1.63. The molecule has 4 rings (SSSR count). The molecule has 218 valence electrons. The fourth-order valence-corrected chi connectivity index (χ4v) is 8.99. The molecule has 40 heavy (non-hydrogen) atoms. The Balaban J connectivity index is 1.71. The zero-order valence-corrected chi connectivity index (χ0v) is 24.9. The van der Waals surface area contributed by atoms with Crippen molar-refractivity contribution in [1.29, 1.82) is 0 Å². The van der Waals surface area contributed by atoms with Gasteiger partial charge in [-0.25, -0.2) is 0 Å². The van der Waals surface area contributed by atoms with Crippen LogP contribution in [-0.4, -0.2) is 80.1 Å². The number of fused-ring (bicyclic) bond motifs is 1. The van der Waals surface area contributed by atoms with E-state index in [2.05, 4.69) is 13.2 Å².